The Kier molecular flexibility index (Phi) is 3.69. The largest absolute Gasteiger partial charge is 0.320 e. The molecule has 2 N–H and O–H groups in total. The standard InChI is InChI=1S/C16H11BrF2N2/c17-11-4-5-12(18)14(15(11)19)16(20)10-3-6-13-9(8-10)2-1-7-21-13/h1-8,16H,20H2. The summed E-state index contributed by atoms with van der Waals surface area (Å²) in [4.78, 5) is 4.21. The third kappa shape index (κ3) is 2.54. The van der Waals surface area contributed by atoms with Crippen LogP contribution in [0.25, 0.3) is 10.9 Å². The second kappa shape index (κ2) is 5.50. The fourth-order valence-corrected chi connectivity index (χ4v) is 2.63. The van der Waals surface area contributed by atoms with Crippen molar-refractivity contribution in [2.24, 2.45) is 5.73 Å². The Morgan fingerprint density at radius 2 is 1.90 bits per heavy atom. The smallest absolute Gasteiger partial charge is 0.145 e. The zero-order valence-electron chi connectivity index (χ0n) is 10.9. The molecule has 21 heavy (non-hydrogen) atoms. The number of halogens is 3. The topological polar surface area (TPSA) is 38.9 Å². The summed E-state index contributed by atoms with van der Waals surface area (Å²) in [5.74, 6) is -1.33. The number of nitrogens with two attached hydrogens (primary N) is 1. The molecule has 0 amide bonds. The Balaban J connectivity index is 2.12. The molecule has 0 saturated heterocycles. The van der Waals surface area contributed by atoms with Gasteiger partial charge in [0, 0.05) is 17.1 Å². The van der Waals surface area contributed by atoms with E-state index in [-0.39, 0.29) is 10.0 Å². The Hall–Kier alpha value is -1.85. The van der Waals surface area contributed by atoms with Crippen LogP contribution in [0.2, 0.25) is 0 Å². The molecule has 1 atom stereocenters. The molecule has 0 bridgehead atoms. The minimum absolute atomic E-state index is 0.146. The van der Waals surface area contributed by atoms with Gasteiger partial charge in [-0.2, -0.15) is 0 Å². The van der Waals surface area contributed by atoms with Crippen molar-refractivity contribution in [2.75, 3.05) is 0 Å². The monoisotopic (exact) mass is 348 g/mol. The molecule has 0 aliphatic carbocycles. The van der Waals surface area contributed by atoms with E-state index in [0.717, 1.165) is 10.9 Å². The molecular formula is C16H11BrF2N2. The van der Waals surface area contributed by atoms with Crippen LogP contribution >= 0.6 is 15.9 Å². The average molecular weight is 349 g/mol. The van der Waals surface area contributed by atoms with Crippen molar-refractivity contribution in [3.8, 4) is 0 Å². The van der Waals surface area contributed by atoms with Crippen molar-refractivity contribution in [3.05, 3.63) is 75.9 Å². The summed E-state index contributed by atoms with van der Waals surface area (Å²) in [6, 6.07) is 10.7. The van der Waals surface area contributed by atoms with Crippen LogP contribution in [0, 0.1) is 11.6 Å². The highest BCUT2D eigenvalue weighted by Gasteiger charge is 2.20. The van der Waals surface area contributed by atoms with E-state index in [1.54, 1.807) is 30.5 Å². The van der Waals surface area contributed by atoms with Gasteiger partial charge < -0.3 is 5.73 Å². The van der Waals surface area contributed by atoms with E-state index >= 15 is 0 Å². The summed E-state index contributed by atoms with van der Waals surface area (Å²) in [6.45, 7) is 0. The van der Waals surface area contributed by atoms with E-state index in [4.69, 9.17) is 5.73 Å². The lowest BCUT2D eigenvalue weighted by atomic mass is 9.97. The lowest BCUT2D eigenvalue weighted by Crippen LogP contribution is -2.16. The van der Waals surface area contributed by atoms with Crippen LogP contribution in [-0.2, 0) is 0 Å². The third-order valence-electron chi connectivity index (χ3n) is 3.38. The van der Waals surface area contributed by atoms with Gasteiger partial charge in [0.1, 0.15) is 11.6 Å². The Morgan fingerprint density at radius 1 is 1.10 bits per heavy atom. The molecule has 0 saturated carbocycles. The predicted octanol–water partition coefficient (Wildman–Crippen LogP) is 4.32. The zero-order chi connectivity index (χ0) is 15.0. The Labute approximate surface area is 128 Å². The number of benzene rings is 2. The molecule has 0 radical (unpaired) electrons. The first kappa shape index (κ1) is 14.1. The van der Waals surface area contributed by atoms with Crippen LogP contribution in [0.3, 0.4) is 0 Å². The highest BCUT2D eigenvalue weighted by molar-refractivity contribution is 9.10. The first-order chi connectivity index (χ1) is 10.1. The van der Waals surface area contributed by atoms with Gasteiger partial charge in [-0.1, -0.05) is 12.1 Å². The van der Waals surface area contributed by atoms with E-state index in [2.05, 4.69) is 20.9 Å². The quantitative estimate of drug-likeness (QED) is 0.700. The minimum Gasteiger partial charge on any atom is -0.320 e. The van der Waals surface area contributed by atoms with Crippen LogP contribution in [-0.4, -0.2) is 4.98 Å². The van der Waals surface area contributed by atoms with Gasteiger partial charge in [-0.05, 0) is 51.8 Å². The number of fused-ring (bicyclic) bond motifs is 1. The van der Waals surface area contributed by atoms with Crippen LogP contribution in [0.15, 0.2) is 53.1 Å². The van der Waals surface area contributed by atoms with Gasteiger partial charge in [-0.3, -0.25) is 4.98 Å². The minimum atomic E-state index is -0.882. The molecule has 0 aliphatic heterocycles. The molecule has 1 aromatic heterocycles. The highest BCUT2D eigenvalue weighted by atomic mass is 79.9. The normalized spacial score (nSPS) is 12.6. The van der Waals surface area contributed by atoms with Gasteiger partial charge in [0.25, 0.3) is 0 Å². The number of aromatic nitrogens is 1. The number of nitrogens with zero attached hydrogens (tertiary/aromatic N) is 1. The van der Waals surface area contributed by atoms with Crippen molar-refractivity contribution in [2.45, 2.75) is 6.04 Å². The maximum absolute atomic E-state index is 14.1. The van der Waals surface area contributed by atoms with E-state index in [0.29, 0.717) is 5.56 Å². The maximum Gasteiger partial charge on any atom is 0.145 e. The van der Waals surface area contributed by atoms with Crippen molar-refractivity contribution in [1.82, 2.24) is 4.98 Å². The Bertz CT molecular complexity index is 820. The number of pyridine rings is 1. The van der Waals surface area contributed by atoms with Gasteiger partial charge >= 0.3 is 0 Å². The van der Waals surface area contributed by atoms with Crippen molar-refractivity contribution < 1.29 is 8.78 Å². The molecule has 3 aromatic rings. The fourth-order valence-electron chi connectivity index (χ4n) is 2.28. The average Bonchev–Trinajstić information content (AvgIpc) is 2.51. The lowest BCUT2D eigenvalue weighted by molar-refractivity contribution is 0.539. The SMILES string of the molecule is NC(c1ccc2ncccc2c1)c1c(F)ccc(Br)c1F. The lowest BCUT2D eigenvalue weighted by Gasteiger charge is -2.15. The second-order valence-corrected chi connectivity index (χ2v) is 5.54. The van der Waals surface area contributed by atoms with Crippen molar-refractivity contribution in [3.63, 3.8) is 0 Å². The van der Waals surface area contributed by atoms with E-state index in [1.165, 1.54) is 12.1 Å². The number of hydrogen-bond acceptors (Lipinski definition) is 2. The fraction of sp³-hybridized carbons (Fsp3) is 0.0625. The summed E-state index contributed by atoms with van der Waals surface area (Å²) in [5, 5.41) is 0.876. The van der Waals surface area contributed by atoms with E-state index in [1.807, 2.05) is 6.07 Å². The molecule has 0 spiro atoms. The molecule has 0 aliphatic rings. The molecule has 2 nitrogen and oxygen atoms in total. The Morgan fingerprint density at radius 3 is 2.71 bits per heavy atom. The van der Waals surface area contributed by atoms with Crippen LogP contribution in [0.1, 0.15) is 17.2 Å². The number of rotatable bonds is 2. The van der Waals surface area contributed by atoms with Gasteiger partial charge in [0.15, 0.2) is 0 Å². The highest BCUT2D eigenvalue weighted by Crippen LogP contribution is 2.30. The molecule has 5 heteroatoms. The van der Waals surface area contributed by atoms with Gasteiger partial charge in [0.05, 0.1) is 16.0 Å². The molecule has 0 fully saturated rings. The second-order valence-electron chi connectivity index (χ2n) is 4.69. The van der Waals surface area contributed by atoms with Crippen molar-refractivity contribution in [1.29, 1.82) is 0 Å². The molecule has 106 valence electrons. The molecule has 3 rings (SSSR count). The van der Waals surface area contributed by atoms with Gasteiger partial charge in [-0.25, -0.2) is 8.78 Å². The van der Waals surface area contributed by atoms with Crippen molar-refractivity contribution >= 4 is 26.8 Å². The molecule has 2 aromatic carbocycles. The first-order valence-electron chi connectivity index (χ1n) is 6.31. The summed E-state index contributed by atoms with van der Waals surface area (Å²) < 4.78 is 28.3. The predicted molar refractivity (Wildman–Crippen MR) is 81.8 cm³/mol. The summed E-state index contributed by atoms with van der Waals surface area (Å²) in [6.07, 6.45) is 1.69. The molecule has 1 heterocycles. The molecule has 1 unspecified atom stereocenters. The van der Waals surface area contributed by atoms with Gasteiger partial charge in [-0.15, -0.1) is 0 Å². The summed E-state index contributed by atoms with van der Waals surface area (Å²) in [7, 11) is 0. The summed E-state index contributed by atoms with van der Waals surface area (Å²) in [5.41, 5.74) is 7.35. The number of hydrogen-bond donors (Lipinski definition) is 1. The summed E-state index contributed by atoms with van der Waals surface area (Å²) >= 11 is 3.05. The van der Waals surface area contributed by atoms with Crippen LogP contribution in [0.4, 0.5) is 8.78 Å². The third-order valence-corrected chi connectivity index (χ3v) is 3.99. The van der Waals surface area contributed by atoms with Crippen LogP contribution < -0.4 is 5.73 Å². The van der Waals surface area contributed by atoms with E-state index < -0.39 is 17.7 Å². The van der Waals surface area contributed by atoms with Gasteiger partial charge in [0.2, 0.25) is 0 Å². The van der Waals surface area contributed by atoms with Crippen LogP contribution in [0.5, 0.6) is 0 Å². The first-order valence-corrected chi connectivity index (χ1v) is 7.11. The van der Waals surface area contributed by atoms with E-state index in [9.17, 15) is 8.78 Å². The maximum atomic E-state index is 14.1. The molecular weight excluding hydrogens is 338 g/mol. The zero-order valence-corrected chi connectivity index (χ0v) is 12.4.